The van der Waals surface area contributed by atoms with E-state index >= 15 is 0 Å². The first-order chi connectivity index (χ1) is 9.78. The Morgan fingerprint density at radius 1 is 1.35 bits per heavy atom. The van der Waals surface area contributed by atoms with Crippen molar-refractivity contribution in [2.24, 2.45) is 5.92 Å². The molecule has 2 heterocycles. The summed E-state index contributed by atoms with van der Waals surface area (Å²) in [7, 11) is 0. The summed E-state index contributed by atoms with van der Waals surface area (Å²) in [5.41, 5.74) is 1.20. The van der Waals surface area contributed by atoms with Gasteiger partial charge in [-0.05, 0) is 52.4 Å². The Morgan fingerprint density at radius 3 is 3.10 bits per heavy atom. The minimum Gasteiger partial charge on any atom is -0.454 e. The molecule has 1 N–H and O–H groups in total. The highest BCUT2D eigenvalue weighted by Gasteiger charge is 2.26. The number of rotatable bonds is 5. The third-order valence-corrected chi connectivity index (χ3v) is 4.56. The molecule has 20 heavy (non-hydrogen) atoms. The molecular formula is C15H20BrNO3. The number of benzene rings is 1. The molecule has 2 unspecified atom stereocenters. The lowest BCUT2D eigenvalue weighted by Crippen LogP contribution is -2.27. The topological polar surface area (TPSA) is 39.7 Å². The van der Waals surface area contributed by atoms with Crippen LogP contribution in [-0.4, -0.2) is 26.0 Å². The molecule has 0 amide bonds. The van der Waals surface area contributed by atoms with Gasteiger partial charge in [0.2, 0.25) is 6.79 Å². The van der Waals surface area contributed by atoms with Gasteiger partial charge in [0.15, 0.2) is 11.5 Å². The fraction of sp³-hybridized carbons (Fsp3) is 0.600. The van der Waals surface area contributed by atoms with Gasteiger partial charge < -0.3 is 19.5 Å². The van der Waals surface area contributed by atoms with E-state index in [0.29, 0.717) is 18.8 Å². The van der Waals surface area contributed by atoms with E-state index < -0.39 is 0 Å². The highest BCUT2D eigenvalue weighted by molar-refractivity contribution is 9.10. The van der Waals surface area contributed by atoms with Gasteiger partial charge in [-0.25, -0.2) is 0 Å². The van der Waals surface area contributed by atoms with Gasteiger partial charge in [-0.2, -0.15) is 0 Å². The quantitative estimate of drug-likeness (QED) is 0.893. The van der Waals surface area contributed by atoms with Crippen LogP contribution in [0.3, 0.4) is 0 Å². The smallest absolute Gasteiger partial charge is 0.231 e. The largest absolute Gasteiger partial charge is 0.454 e. The van der Waals surface area contributed by atoms with E-state index in [1.165, 1.54) is 5.56 Å². The SMILES string of the molecule is CCC1OCCC1CNCc1cc(Br)c2c(c1)OCO2. The third-order valence-electron chi connectivity index (χ3n) is 3.97. The summed E-state index contributed by atoms with van der Waals surface area (Å²) >= 11 is 3.52. The molecule has 0 aromatic heterocycles. The second-order valence-corrected chi connectivity index (χ2v) is 6.16. The summed E-state index contributed by atoms with van der Waals surface area (Å²) < 4.78 is 17.5. The molecule has 0 radical (unpaired) electrons. The molecule has 0 bridgehead atoms. The number of ether oxygens (including phenoxy) is 3. The molecule has 1 aromatic carbocycles. The zero-order valence-electron chi connectivity index (χ0n) is 11.7. The van der Waals surface area contributed by atoms with E-state index in [9.17, 15) is 0 Å². The van der Waals surface area contributed by atoms with E-state index in [0.717, 1.165) is 48.5 Å². The second kappa shape index (κ2) is 6.33. The van der Waals surface area contributed by atoms with Gasteiger partial charge in [0.05, 0.1) is 10.6 Å². The van der Waals surface area contributed by atoms with Gasteiger partial charge in [0, 0.05) is 19.7 Å². The molecule has 0 aliphatic carbocycles. The van der Waals surface area contributed by atoms with Crippen LogP contribution in [0.25, 0.3) is 0 Å². The van der Waals surface area contributed by atoms with Crippen molar-refractivity contribution in [2.75, 3.05) is 19.9 Å². The van der Waals surface area contributed by atoms with Gasteiger partial charge in [0.1, 0.15) is 0 Å². The standard InChI is InChI=1S/C15H20BrNO3/c1-2-13-11(3-4-18-13)8-17-7-10-5-12(16)15-14(6-10)19-9-20-15/h5-6,11,13,17H,2-4,7-9H2,1H3. The van der Waals surface area contributed by atoms with Crippen LogP contribution in [0.4, 0.5) is 0 Å². The Kier molecular flexibility index (Phi) is 4.48. The Hall–Kier alpha value is -0.780. The molecule has 3 rings (SSSR count). The fourth-order valence-corrected chi connectivity index (χ4v) is 3.51. The van der Waals surface area contributed by atoms with E-state index in [-0.39, 0.29) is 0 Å². The average Bonchev–Trinajstić information content (AvgIpc) is 3.07. The first-order valence-electron chi connectivity index (χ1n) is 7.18. The molecule has 110 valence electrons. The van der Waals surface area contributed by atoms with Gasteiger partial charge in [-0.15, -0.1) is 0 Å². The number of halogens is 1. The maximum absolute atomic E-state index is 5.71. The van der Waals surface area contributed by atoms with Crippen LogP contribution in [0.15, 0.2) is 16.6 Å². The van der Waals surface area contributed by atoms with Crippen LogP contribution < -0.4 is 14.8 Å². The molecule has 1 aromatic rings. The van der Waals surface area contributed by atoms with Crippen LogP contribution in [0.1, 0.15) is 25.3 Å². The van der Waals surface area contributed by atoms with Crippen molar-refractivity contribution in [2.45, 2.75) is 32.4 Å². The van der Waals surface area contributed by atoms with Crippen molar-refractivity contribution >= 4 is 15.9 Å². The summed E-state index contributed by atoms with van der Waals surface area (Å²) in [5.74, 6) is 2.27. The minimum absolute atomic E-state index is 0.308. The number of nitrogens with one attached hydrogen (secondary N) is 1. The molecule has 4 nitrogen and oxygen atoms in total. The lowest BCUT2D eigenvalue weighted by Gasteiger charge is -2.17. The summed E-state index contributed by atoms with van der Waals surface area (Å²) in [6.07, 6.45) is 2.68. The average molecular weight is 342 g/mol. The second-order valence-electron chi connectivity index (χ2n) is 5.31. The van der Waals surface area contributed by atoms with Crippen LogP contribution in [0.2, 0.25) is 0 Å². The van der Waals surface area contributed by atoms with Crippen LogP contribution in [0, 0.1) is 5.92 Å². The summed E-state index contributed by atoms with van der Waals surface area (Å²) in [6, 6.07) is 4.13. The van der Waals surface area contributed by atoms with E-state index in [1.54, 1.807) is 0 Å². The monoisotopic (exact) mass is 341 g/mol. The van der Waals surface area contributed by atoms with Crippen molar-refractivity contribution in [3.63, 3.8) is 0 Å². The van der Waals surface area contributed by atoms with Crippen molar-refractivity contribution in [1.82, 2.24) is 5.32 Å². The van der Waals surface area contributed by atoms with Gasteiger partial charge in [-0.3, -0.25) is 0 Å². The predicted octanol–water partition coefficient (Wildman–Crippen LogP) is 3.08. The van der Waals surface area contributed by atoms with Crippen molar-refractivity contribution in [3.05, 3.63) is 22.2 Å². The lowest BCUT2D eigenvalue weighted by molar-refractivity contribution is 0.0872. The maximum Gasteiger partial charge on any atom is 0.231 e. The fourth-order valence-electron chi connectivity index (χ4n) is 2.90. The van der Waals surface area contributed by atoms with Crippen molar-refractivity contribution in [3.8, 4) is 11.5 Å². The van der Waals surface area contributed by atoms with E-state index in [1.807, 2.05) is 6.07 Å². The first kappa shape index (κ1) is 14.2. The molecular weight excluding hydrogens is 322 g/mol. The number of fused-ring (bicyclic) bond motifs is 1. The highest BCUT2D eigenvalue weighted by atomic mass is 79.9. The molecule has 0 spiro atoms. The maximum atomic E-state index is 5.71. The summed E-state index contributed by atoms with van der Waals surface area (Å²) in [5, 5.41) is 3.53. The van der Waals surface area contributed by atoms with Crippen LogP contribution >= 0.6 is 15.9 Å². The zero-order valence-corrected chi connectivity index (χ0v) is 13.2. The number of hydrogen-bond donors (Lipinski definition) is 1. The molecule has 0 saturated carbocycles. The zero-order chi connectivity index (χ0) is 13.9. The molecule has 5 heteroatoms. The molecule has 1 saturated heterocycles. The van der Waals surface area contributed by atoms with Crippen molar-refractivity contribution < 1.29 is 14.2 Å². The minimum atomic E-state index is 0.308. The van der Waals surface area contributed by atoms with Crippen LogP contribution in [-0.2, 0) is 11.3 Å². The normalized spacial score (nSPS) is 24.3. The molecule has 2 aliphatic heterocycles. The Balaban J connectivity index is 1.55. The predicted molar refractivity (Wildman–Crippen MR) is 80.1 cm³/mol. The van der Waals surface area contributed by atoms with Gasteiger partial charge >= 0.3 is 0 Å². The molecule has 1 fully saturated rings. The van der Waals surface area contributed by atoms with E-state index in [2.05, 4.69) is 34.2 Å². The van der Waals surface area contributed by atoms with E-state index in [4.69, 9.17) is 14.2 Å². The van der Waals surface area contributed by atoms with Crippen LogP contribution in [0.5, 0.6) is 11.5 Å². The van der Waals surface area contributed by atoms with Crippen molar-refractivity contribution in [1.29, 1.82) is 0 Å². The lowest BCUT2D eigenvalue weighted by atomic mass is 9.99. The molecule has 2 atom stereocenters. The summed E-state index contributed by atoms with van der Waals surface area (Å²) in [4.78, 5) is 0. The van der Waals surface area contributed by atoms with Gasteiger partial charge in [-0.1, -0.05) is 6.92 Å². The third kappa shape index (κ3) is 2.95. The first-order valence-corrected chi connectivity index (χ1v) is 7.97. The summed E-state index contributed by atoms with van der Waals surface area (Å²) in [6.45, 7) is 5.24. The highest BCUT2D eigenvalue weighted by Crippen LogP contribution is 2.39. The Labute approximate surface area is 127 Å². The number of hydrogen-bond acceptors (Lipinski definition) is 4. The Bertz CT molecular complexity index is 480. The molecule has 2 aliphatic rings. The van der Waals surface area contributed by atoms with Gasteiger partial charge in [0.25, 0.3) is 0 Å². The Morgan fingerprint density at radius 2 is 2.25 bits per heavy atom.